The maximum Gasteiger partial charge on any atom is 0.0266 e. The number of hydrogen-bond donors (Lipinski definition) is 0. The van der Waals surface area contributed by atoms with Crippen LogP contribution in [0.25, 0.3) is 0 Å². The zero-order valence-electron chi connectivity index (χ0n) is 8.33. The number of hydrogen-bond acceptors (Lipinski definition) is 1. The predicted octanol–water partition coefficient (Wildman–Crippen LogP) is 3.19. The van der Waals surface area contributed by atoms with Gasteiger partial charge in [0.25, 0.3) is 0 Å². The Morgan fingerprint density at radius 3 is 2.58 bits per heavy atom. The zero-order valence-corrected chi connectivity index (χ0v) is 8.33. The lowest BCUT2D eigenvalue weighted by atomic mass is 9.89. The molecule has 0 aromatic heterocycles. The molecule has 0 fully saturated rings. The van der Waals surface area contributed by atoms with E-state index in [1.165, 1.54) is 5.57 Å². The standard InChI is InChI=1S/C11H17N/c1-9(2)10-5-6-12-8-11(3,4)7-10/h5-9H,1-4H3. The first-order valence-electron chi connectivity index (χ1n) is 4.45. The highest BCUT2D eigenvalue weighted by atomic mass is 14.7. The van der Waals surface area contributed by atoms with Gasteiger partial charge in [-0.3, -0.25) is 4.99 Å². The van der Waals surface area contributed by atoms with Crippen LogP contribution in [-0.2, 0) is 0 Å². The summed E-state index contributed by atoms with van der Waals surface area (Å²) in [5.41, 5.74) is 1.47. The second-order valence-electron chi connectivity index (χ2n) is 4.21. The van der Waals surface area contributed by atoms with Gasteiger partial charge in [-0.1, -0.05) is 33.8 Å². The molecule has 0 spiro atoms. The molecule has 1 nitrogen and oxygen atoms in total. The van der Waals surface area contributed by atoms with Gasteiger partial charge in [0.15, 0.2) is 0 Å². The van der Waals surface area contributed by atoms with Crippen molar-refractivity contribution in [3.63, 3.8) is 0 Å². The summed E-state index contributed by atoms with van der Waals surface area (Å²) in [5.74, 6) is 0.585. The highest BCUT2D eigenvalue weighted by Gasteiger charge is 2.14. The highest BCUT2D eigenvalue weighted by molar-refractivity contribution is 5.69. The van der Waals surface area contributed by atoms with Gasteiger partial charge >= 0.3 is 0 Å². The number of rotatable bonds is 1. The largest absolute Gasteiger partial charge is 0.268 e. The number of nitrogens with zero attached hydrogens (tertiary/aromatic N) is 1. The molecule has 0 unspecified atom stereocenters. The molecule has 1 heterocycles. The van der Waals surface area contributed by atoms with E-state index in [1.54, 1.807) is 0 Å². The van der Waals surface area contributed by atoms with Crippen molar-refractivity contribution in [1.82, 2.24) is 0 Å². The molecule has 0 aliphatic carbocycles. The maximum atomic E-state index is 4.20. The van der Waals surface area contributed by atoms with E-state index < -0.39 is 0 Å². The van der Waals surface area contributed by atoms with Crippen molar-refractivity contribution in [3.8, 4) is 0 Å². The Balaban J connectivity index is 2.95. The average molecular weight is 163 g/mol. The summed E-state index contributed by atoms with van der Waals surface area (Å²) < 4.78 is 0. The Morgan fingerprint density at radius 1 is 1.33 bits per heavy atom. The Bertz CT molecular complexity index is 242. The van der Waals surface area contributed by atoms with Crippen LogP contribution in [0.15, 0.2) is 28.9 Å². The van der Waals surface area contributed by atoms with Crippen LogP contribution >= 0.6 is 0 Å². The van der Waals surface area contributed by atoms with Gasteiger partial charge in [0.05, 0.1) is 0 Å². The Hall–Kier alpha value is -0.850. The fourth-order valence-electron chi connectivity index (χ4n) is 1.24. The lowest BCUT2D eigenvalue weighted by Crippen LogP contribution is -2.09. The fraction of sp³-hybridized carbons (Fsp3) is 0.545. The van der Waals surface area contributed by atoms with Crippen LogP contribution in [0.4, 0.5) is 0 Å². The van der Waals surface area contributed by atoms with Crippen molar-refractivity contribution in [1.29, 1.82) is 0 Å². The number of aliphatic imine (C=N–C) groups is 1. The predicted molar refractivity (Wildman–Crippen MR) is 54.3 cm³/mol. The highest BCUT2D eigenvalue weighted by Crippen LogP contribution is 2.23. The van der Waals surface area contributed by atoms with Gasteiger partial charge in [-0.05, 0) is 17.6 Å². The zero-order chi connectivity index (χ0) is 9.19. The van der Waals surface area contributed by atoms with E-state index in [2.05, 4.69) is 44.8 Å². The van der Waals surface area contributed by atoms with Gasteiger partial charge in [0.1, 0.15) is 0 Å². The van der Waals surface area contributed by atoms with Crippen LogP contribution < -0.4 is 0 Å². The minimum absolute atomic E-state index is 0.100. The van der Waals surface area contributed by atoms with Crippen LogP contribution in [0.2, 0.25) is 0 Å². The van der Waals surface area contributed by atoms with Gasteiger partial charge in [-0.25, -0.2) is 0 Å². The third kappa shape index (κ3) is 2.33. The quantitative estimate of drug-likeness (QED) is 0.563. The molecule has 0 amide bonds. The molecule has 0 atom stereocenters. The molecular formula is C11H17N. The minimum Gasteiger partial charge on any atom is -0.268 e. The van der Waals surface area contributed by atoms with Crippen LogP contribution in [0.3, 0.4) is 0 Å². The molecule has 1 heteroatoms. The van der Waals surface area contributed by atoms with E-state index in [-0.39, 0.29) is 5.41 Å². The first-order chi connectivity index (χ1) is 5.51. The van der Waals surface area contributed by atoms with Crippen LogP contribution in [0.5, 0.6) is 0 Å². The molecule has 0 saturated carbocycles. The Morgan fingerprint density at radius 2 is 2.00 bits per heavy atom. The van der Waals surface area contributed by atoms with E-state index in [0.717, 1.165) is 0 Å². The molecule has 12 heavy (non-hydrogen) atoms. The smallest absolute Gasteiger partial charge is 0.0266 e. The van der Waals surface area contributed by atoms with Crippen molar-refractivity contribution < 1.29 is 0 Å². The van der Waals surface area contributed by atoms with Gasteiger partial charge in [-0.15, -0.1) is 0 Å². The van der Waals surface area contributed by atoms with Gasteiger partial charge < -0.3 is 0 Å². The summed E-state index contributed by atoms with van der Waals surface area (Å²) in [6.07, 6.45) is 8.24. The molecule has 0 bridgehead atoms. The van der Waals surface area contributed by atoms with Gasteiger partial charge in [-0.2, -0.15) is 0 Å². The first-order valence-corrected chi connectivity index (χ1v) is 4.45. The lowest BCUT2D eigenvalue weighted by Gasteiger charge is -2.15. The summed E-state index contributed by atoms with van der Waals surface area (Å²) in [5, 5.41) is 0. The molecule has 0 N–H and O–H groups in total. The van der Waals surface area contributed by atoms with E-state index >= 15 is 0 Å². The monoisotopic (exact) mass is 163 g/mol. The van der Waals surface area contributed by atoms with Crippen LogP contribution in [-0.4, -0.2) is 6.21 Å². The van der Waals surface area contributed by atoms with E-state index in [0.29, 0.717) is 5.92 Å². The Labute approximate surface area is 74.9 Å². The Kier molecular flexibility index (Phi) is 2.51. The van der Waals surface area contributed by atoms with Crippen molar-refractivity contribution in [3.05, 3.63) is 23.9 Å². The number of allylic oxidation sites excluding steroid dienone is 3. The summed E-state index contributed by atoms with van der Waals surface area (Å²) in [6, 6.07) is 0. The minimum atomic E-state index is 0.100. The molecule has 1 rings (SSSR count). The van der Waals surface area contributed by atoms with Crippen molar-refractivity contribution in [2.45, 2.75) is 27.7 Å². The van der Waals surface area contributed by atoms with Crippen molar-refractivity contribution in [2.75, 3.05) is 0 Å². The van der Waals surface area contributed by atoms with E-state index in [4.69, 9.17) is 0 Å². The van der Waals surface area contributed by atoms with Crippen LogP contribution in [0, 0.1) is 11.3 Å². The van der Waals surface area contributed by atoms with Gasteiger partial charge in [0, 0.05) is 17.8 Å². The maximum absolute atomic E-state index is 4.20. The SMILES string of the molecule is CC(C)C1=CC(C)(C)C=NC=C1. The molecule has 0 saturated heterocycles. The molecule has 0 radical (unpaired) electrons. The molecule has 0 aromatic carbocycles. The summed E-state index contributed by atoms with van der Waals surface area (Å²) >= 11 is 0. The fourth-order valence-corrected chi connectivity index (χ4v) is 1.24. The van der Waals surface area contributed by atoms with Gasteiger partial charge in [0.2, 0.25) is 0 Å². The molecule has 1 aliphatic heterocycles. The third-order valence-corrected chi connectivity index (χ3v) is 1.97. The second kappa shape index (κ2) is 3.26. The normalized spacial score (nSPS) is 20.9. The summed E-state index contributed by atoms with van der Waals surface area (Å²) in [6.45, 7) is 8.76. The van der Waals surface area contributed by atoms with Crippen LogP contribution in [0.1, 0.15) is 27.7 Å². The topological polar surface area (TPSA) is 12.4 Å². The molecule has 66 valence electrons. The molecular weight excluding hydrogens is 146 g/mol. The summed E-state index contributed by atoms with van der Waals surface area (Å²) in [4.78, 5) is 4.20. The third-order valence-electron chi connectivity index (χ3n) is 1.97. The van der Waals surface area contributed by atoms with E-state index in [1.807, 2.05) is 12.4 Å². The summed E-state index contributed by atoms with van der Waals surface area (Å²) in [7, 11) is 0. The van der Waals surface area contributed by atoms with Crippen molar-refractivity contribution in [2.24, 2.45) is 16.3 Å². The van der Waals surface area contributed by atoms with Crippen molar-refractivity contribution >= 4 is 6.21 Å². The molecule has 0 aromatic rings. The van der Waals surface area contributed by atoms with E-state index in [9.17, 15) is 0 Å². The average Bonchev–Trinajstić information content (AvgIpc) is 2.10. The first kappa shape index (κ1) is 9.24. The lowest BCUT2D eigenvalue weighted by molar-refractivity contribution is 0.670. The molecule has 1 aliphatic rings. The second-order valence-corrected chi connectivity index (χ2v) is 4.21.